The molecule has 5 nitrogen and oxygen atoms in total. The van der Waals surface area contributed by atoms with E-state index in [2.05, 4.69) is 15.3 Å². The zero-order valence-electron chi connectivity index (χ0n) is 14.5. The Morgan fingerprint density at radius 2 is 2.15 bits per heavy atom. The molecule has 1 unspecified atom stereocenters. The third-order valence-electron chi connectivity index (χ3n) is 4.20. The lowest BCUT2D eigenvalue weighted by molar-refractivity contribution is -0.136. The maximum absolute atomic E-state index is 14.1. The van der Waals surface area contributed by atoms with Crippen molar-refractivity contribution in [2.45, 2.75) is 26.3 Å². The molecule has 0 amide bonds. The summed E-state index contributed by atoms with van der Waals surface area (Å²) in [6, 6.07) is 1.68. The number of amidine groups is 1. The van der Waals surface area contributed by atoms with E-state index in [0.29, 0.717) is 28.5 Å². The Balaban J connectivity index is 2.21. The molecule has 1 atom stereocenters. The van der Waals surface area contributed by atoms with Crippen molar-refractivity contribution in [3.63, 3.8) is 0 Å². The van der Waals surface area contributed by atoms with Crippen molar-refractivity contribution < 1.29 is 18.3 Å². The number of ether oxygens (including phenoxy) is 1. The summed E-state index contributed by atoms with van der Waals surface area (Å²) in [4.78, 5) is 21.2. The van der Waals surface area contributed by atoms with Gasteiger partial charge in [0.2, 0.25) is 0 Å². The number of carbonyl (C=O) groups is 1. The van der Waals surface area contributed by atoms with E-state index in [-0.39, 0.29) is 11.1 Å². The minimum atomic E-state index is -0.950. The Morgan fingerprint density at radius 1 is 1.38 bits per heavy atom. The van der Waals surface area contributed by atoms with Gasteiger partial charge in [0.25, 0.3) is 0 Å². The van der Waals surface area contributed by atoms with E-state index in [4.69, 9.17) is 4.74 Å². The highest BCUT2D eigenvalue weighted by molar-refractivity contribution is 7.11. The number of carbonyl (C=O) groups excluding carboxylic acids is 1. The number of hydrogen-bond acceptors (Lipinski definition) is 6. The topological polar surface area (TPSA) is 63.6 Å². The molecule has 8 heteroatoms. The lowest BCUT2D eigenvalue weighted by atomic mass is 9.91. The molecule has 0 aliphatic carbocycles. The van der Waals surface area contributed by atoms with Gasteiger partial charge in [-0.25, -0.2) is 18.6 Å². The van der Waals surface area contributed by atoms with Crippen LogP contribution in [0.3, 0.4) is 0 Å². The van der Waals surface area contributed by atoms with Crippen molar-refractivity contribution in [2.24, 2.45) is 4.99 Å². The number of methoxy groups -OCH3 is 1. The number of thiazole rings is 1. The zero-order valence-corrected chi connectivity index (χ0v) is 15.3. The van der Waals surface area contributed by atoms with Crippen LogP contribution in [0.15, 0.2) is 40.0 Å². The quantitative estimate of drug-likeness (QED) is 0.826. The molecular weight excluding hydrogens is 360 g/mol. The molecule has 1 aliphatic rings. The Kier molecular flexibility index (Phi) is 5.13. The number of nitrogens with zero attached hydrogens (tertiary/aromatic N) is 2. The summed E-state index contributed by atoms with van der Waals surface area (Å²) < 4.78 is 32.6. The zero-order chi connectivity index (χ0) is 18.8. The van der Waals surface area contributed by atoms with Gasteiger partial charge in [-0.2, -0.15) is 0 Å². The number of hydrogen-bond donors (Lipinski definition) is 1. The van der Waals surface area contributed by atoms with Crippen LogP contribution in [0.4, 0.5) is 8.78 Å². The third kappa shape index (κ3) is 3.12. The molecule has 0 radical (unpaired) electrons. The van der Waals surface area contributed by atoms with Crippen LogP contribution in [0.1, 0.15) is 35.5 Å². The van der Waals surface area contributed by atoms with Crippen molar-refractivity contribution in [1.82, 2.24) is 10.3 Å². The first-order valence-corrected chi connectivity index (χ1v) is 8.86. The fraction of sp³-hybridized carbons (Fsp3) is 0.278. The molecule has 0 bridgehead atoms. The van der Waals surface area contributed by atoms with Gasteiger partial charge in [-0.3, -0.25) is 4.99 Å². The largest absolute Gasteiger partial charge is 0.466 e. The Morgan fingerprint density at radius 3 is 2.77 bits per heavy atom. The fourth-order valence-electron chi connectivity index (χ4n) is 2.86. The van der Waals surface area contributed by atoms with Crippen LogP contribution >= 0.6 is 11.3 Å². The second-order valence-electron chi connectivity index (χ2n) is 5.66. The van der Waals surface area contributed by atoms with Gasteiger partial charge < -0.3 is 10.1 Å². The van der Waals surface area contributed by atoms with Gasteiger partial charge in [0.15, 0.2) is 22.5 Å². The Hall–Kier alpha value is -2.61. The average Bonchev–Trinajstić information content (AvgIpc) is 3.19. The van der Waals surface area contributed by atoms with Crippen LogP contribution in [0.25, 0.3) is 0 Å². The molecule has 0 saturated carbocycles. The van der Waals surface area contributed by atoms with Gasteiger partial charge in [0.1, 0.15) is 6.04 Å². The van der Waals surface area contributed by atoms with E-state index < -0.39 is 23.6 Å². The number of aliphatic imine (C=N–C) groups is 1. The van der Waals surface area contributed by atoms with Crippen molar-refractivity contribution in [3.05, 3.63) is 62.7 Å². The second-order valence-corrected chi connectivity index (χ2v) is 6.55. The predicted octanol–water partition coefficient (Wildman–Crippen LogP) is 3.66. The first-order valence-electron chi connectivity index (χ1n) is 7.98. The summed E-state index contributed by atoms with van der Waals surface area (Å²) >= 11 is 1.39. The summed E-state index contributed by atoms with van der Waals surface area (Å²) in [5.74, 6) is -1.97. The van der Waals surface area contributed by atoms with Crippen LogP contribution in [0.2, 0.25) is 0 Å². The summed E-state index contributed by atoms with van der Waals surface area (Å²) in [5.41, 5.74) is 1.41. The van der Waals surface area contributed by atoms with Gasteiger partial charge in [0.05, 0.1) is 12.7 Å². The Labute approximate surface area is 153 Å². The summed E-state index contributed by atoms with van der Waals surface area (Å²) in [7, 11) is 1.28. The molecular formula is C18H17F2N3O2S. The standard InChI is InChI=1S/C18H17F2N3O2S/c1-4-12-13(18(24)25-3)15(10-5-6-11(19)14(20)9(10)2)23-16(22-12)17-21-7-8-26-17/h5-8,15H,4H2,1-3H3,(H,22,23). The highest BCUT2D eigenvalue weighted by Gasteiger charge is 2.33. The molecule has 2 aromatic rings. The molecule has 1 aromatic carbocycles. The van der Waals surface area contributed by atoms with Crippen LogP contribution in [-0.4, -0.2) is 23.9 Å². The summed E-state index contributed by atoms with van der Waals surface area (Å²) in [5, 5.41) is 5.58. The van der Waals surface area contributed by atoms with E-state index in [1.807, 2.05) is 12.3 Å². The van der Waals surface area contributed by atoms with Crippen LogP contribution in [0, 0.1) is 18.6 Å². The molecule has 136 valence electrons. The number of benzene rings is 1. The Bertz CT molecular complexity index is 907. The van der Waals surface area contributed by atoms with Gasteiger partial charge in [-0.1, -0.05) is 13.0 Å². The van der Waals surface area contributed by atoms with Gasteiger partial charge in [-0.05, 0) is 30.5 Å². The predicted molar refractivity (Wildman–Crippen MR) is 95.0 cm³/mol. The molecule has 1 aliphatic heterocycles. The highest BCUT2D eigenvalue weighted by atomic mass is 32.1. The lowest BCUT2D eigenvalue weighted by Crippen LogP contribution is -2.33. The highest BCUT2D eigenvalue weighted by Crippen LogP contribution is 2.36. The molecule has 1 N–H and O–H groups in total. The number of aromatic nitrogens is 1. The number of allylic oxidation sites excluding steroid dienone is 1. The monoisotopic (exact) mass is 377 g/mol. The van der Waals surface area contributed by atoms with E-state index in [1.165, 1.54) is 31.4 Å². The van der Waals surface area contributed by atoms with Gasteiger partial charge in [-0.15, -0.1) is 11.3 Å². The van der Waals surface area contributed by atoms with E-state index >= 15 is 0 Å². The first-order chi connectivity index (χ1) is 12.5. The number of halogens is 2. The van der Waals surface area contributed by atoms with E-state index in [1.54, 1.807) is 6.20 Å². The molecule has 0 fully saturated rings. The van der Waals surface area contributed by atoms with Crippen molar-refractivity contribution in [3.8, 4) is 0 Å². The van der Waals surface area contributed by atoms with Crippen molar-refractivity contribution >= 4 is 23.1 Å². The smallest absolute Gasteiger partial charge is 0.338 e. The minimum absolute atomic E-state index is 0.107. The summed E-state index contributed by atoms with van der Waals surface area (Å²) in [6.45, 7) is 3.35. The molecule has 2 heterocycles. The van der Waals surface area contributed by atoms with Crippen molar-refractivity contribution in [1.29, 1.82) is 0 Å². The number of esters is 1. The summed E-state index contributed by atoms with van der Waals surface area (Å²) in [6.07, 6.45) is 2.15. The van der Waals surface area contributed by atoms with Crippen LogP contribution < -0.4 is 5.32 Å². The van der Waals surface area contributed by atoms with Gasteiger partial charge in [0, 0.05) is 17.3 Å². The van der Waals surface area contributed by atoms with E-state index in [9.17, 15) is 13.6 Å². The van der Waals surface area contributed by atoms with Crippen LogP contribution in [0.5, 0.6) is 0 Å². The maximum atomic E-state index is 14.1. The normalized spacial score (nSPS) is 17.0. The van der Waals surface area contributed by atoms with Gasteiger partial charge >= 0.3 is 5.97 Å². The molecule has 0 spiro atoms. The second kappa shape index (κ2) is 7.33. The average molecular weight is 377 g/mol. The third-order valence-corrected chi connectivity index (χ3v) is 4.98. The maximum Gasteiger partial charge on any atom is 0.338 e. The first kappa shape index (κ1) is 18.2. The SMILES string of the molecule is CCC1=C(C(=O)OC)C(c2ccc(F)c(F)c2C)N=C(c2nccs2)N1. The molecule has 26 heavy (non-hydrogen) atoms. The molecule has 0 saturated heterocycles. The van der Waals surface area contributed by atoms with Crippen molar-refractivity contribution in [2.75, 3.05) is 7.11 Å². The lowest BCUT2D eigenvalue weighted by Gasteiger charge is -2.27. The minimum Gasteiger partial charge on any atom is -0.466 e. The number of rotatable bonds is 4. The fourth-order valence-corrected chi connectivity index (χ4v) is 3.45. The molecule has 3 rings (SSSR count). The number of nitrogens with one attached hydrogen (secondary N) is 1. The van der Waals surface area contributed by atoms with E-state index in [0.717, 1.165) is 6.07 Å². The van der Waals surface area contributed by atoms with Crippen LogP contribution in [-0.2, 0) is 9.53 Å². The molecule has 1 aromatic heterocycles.